The summed E-state index contributed by atoms with van der Waals surface area (Å²) in [6.07, 6.45) is -0.308. The van der Waals surface area contributed by atoms with Gasteiger partial charge in [0.1, 0.15) is 5.60 Å². The minimum Gasteiger partial charge on any atom is -0.444 e. The monoisotopic (exact) mass is 396 g/mol. The molecule has 0 aromatic heterocycles. The molecule has 2 aromatic carbocycles. The second-order valence-corrected chi connectivity index (χ2v) is 8.77. The van der Waals surface area contributed by atoms with Gasteiger partial charge in [-0.1, -0.05) is 60.7 Å². The largest absolute Gasteiger partial charge is 0.444 e. The molecule has 1 aliphatic rings. The van der Waals surface area contributed by atoms with Gasteiger partial charge in [-0.05, 0) is 31.9 Å². The number of carbonyl (C=O) groups is 1. The molecule has 0 aliphatic carbocycles. The zero-order valence-electron chi connectivity index (χ0n) is 17.6. The number of aliphatic hydroxyl groups is 1. The van der Waals surface area contributed by atoms with Crippen LogP contribution in [0.15, 0.2) is 60.7 Å². The summed E-state index contributed by atoms with van der Waals surface area (Å²) in [6, 6.07) is 20.7. The lowest BCUT2D eigenvalue weighted by atomic mass is 10.0. The first-order valence-electron chi connectivity index (χ1n) is 10.3. The van der Waals surface area contributed by atoms with Crippen LogP contribution in [0.25, 0.3) is 0 Å². The van der Waals surface area contributed by atoms with Crippen LogP contribution in [0.1, 0.15) is 31.9 Å². The van der Waals surface area contributed by atoms with Crippen molar-refractivity contribution in [1.82, 2.24) is 9.80 Å². The molecular formula is C24H32N2O3. The molecule has 5 nitrogen and oxygen atoms in total. The molecule has 0 spiro atoms. The van der Waals surface area contributed by atoms with Crippen molar-refractivity contribution in [1.29, 1.82) is 0 Å². The number of carbonyl (C=O) groups excluding carboxylic acids is 1. The molecule has 1 heterocycles. The van der Waals surface area contributed by atoms with Gasteiger partial charge in [0.15, 0.2) is 0 Å². The number of rotatable bonds is 6. The molecule has 0 unspecified atom stereocenters. The maximum Gasteiger partial charge on any atom is 0.410 e. The van der Waals surface area contributed by atoms with E-state index in [9.17, 15) is 9.90 Å². The molecule has 29 heavy (non-hydrogen) atoms. The fraction of sp³-hybridized carbons (Fsp3) is 0.458. The van der Waals surface area contributed by atoms with Crippen molar-refractivity contribution < 1.29 is 14.6 Å². The van der Waals surface area contributed by atoms with Crippen molar-refractivity contribution in [3.63, 3.8) is 0 Å². The van der Waals surface area contributed by atoms with Gasteiger partial charge >= 0.3 is 6.09 Å². The predicted octanol–water partition coefficient (Wildman–Crippen LogP) is 3.92. The van der Waals surface area contributed by atoms with Gasteiger partial charge in [-0.3, -0.25) is 4.90 Å². The van der Waals surface area contributed by atoms with E-state index < -0.39 is 5.60 Å². The Hall–Kier alpha value is -2.37. The third kappa shape index (κ3) is 6.05. The van der Waals surface area contributed by atoms with E-state index >= 15 is 0 Å². The number of nitrogens with zero attached hydrogens (tertiary/aromatic N) is 2. The quantitative estimate of drug-likeness (QED) is 0.804. The van der Waals surface area contributed by atoms with Gasteiger partial charge in [0, 0.05) is 44.7 Å². The molecule has 0 radical (unpaired) electrons. The number of hydrogen-bond acceptors (Lipinski definition) is 4. The lowest BCUT2D eigenvalue weighted by Gasteiger charge is -2.32. The van der Waals surface area contributed by atoms with Gasteiger partial charge in [0.2, 0.25) is 0 Å². The molecule has 1 saturated heterocycles. The van der Waals surface area contributed by atoms with Crippen LogP contribution in [-0.2, 0) is 17.8 Å². The minimum atomic E-state index is -0.530. The number of hydrogen-bond donors (Lipinski definition) is 1. The summed E-state index contributed by atoms with van der Waals surface area (Å²) in [4.78, 5) is 16.7. The molecule has 1 aliphatic heterocycles. The van der Waals surface area contributed by atoms with Crippen molar-refractivity contribution in [2.75, 3.05) is 19.7 Å². The van der Waals surface area contributed by atoms with Crippen LogP contribution in [0, 0.1) is 5.92 Å². The molecule has 156 valence electrons. The first kappa shape index (κ1) is 21.3. The summed E-state index contributed by atoms with van der Waals surface area (Å²) in [5.74, 6) is -0.00468. The van der Waals surface area contributed by atoms with Crippen LogP contribution < -0.4 is 0 Å². The smallest absolute Gasteiger partial charge is 0.410 e. The molecule has 2 aromatic rings. The van der Waals surface area contributed by atoms with Crippen molar-refractivity contribution in [3.05, 3.63) is 71.8 Å². The van der Waals surface area contributed by atoms with Crippen molar-refractivity contribution >= 4 is 6.09 Å². The zero-order chi connectivity index (χ0) is 20.9. The highest BCUT2D eigenvalue weighted by molar-refractivity contribution is 5.68. The SMILES string of the molecule is CC(C)(C)OC(=O)N1C[C@@H](CO)[C@H](N(Cc2ccccc2)Cc2ccccc2)C1. The zero-order valence-corrected chi connectivity index (χ0v) is 17.6. The van der Waals surface area contributed by atoms with E-state index in [4.69, 9.17) is 4.74 Å². The average Bonchev–Trinajstić information content (AvgIpc) is 3.12. The van der Waals surface area contributed by atoms with Crippen LogP contribution in [0.3, 0.4) is 0 Å². The van der Waals surface area contributed by atoms with Crippen LogP contribution in [0.4, 0.5) is 4.79 Å². The minimum absolute atomic E-state index is 0.00468. The van der Waals surface area contributed by atoms with E-state index in [-0.39, 0.29) is 24.7 Å². The average molecular weight is 397 g/mol. The van der Waals surface area contributed by atoms with E-state index in [2.05, 4.69) is 29.2 Å². The van der Waals surface area contributed by atoms with Crippen LogP contribution in [0.2, 0.25) is 0 Å². The fourth-order valence-corrected chi connectivity index (χ4v) is 3.85. The third-order valence-electron chi connectivity index (χ3n) is 5.22. The highest BCUT2D eigenvalue weighted by atomic mass is 16.6. The van der Waals surface area contributed by atoms with Gasteiger partial charge in [-0.25, -0.2) is 4.79 Å². The van der Waals surface area contributed by atoms with Gasteiger partial charge in [0.05, 0.1) is 0 Å². The highest BCUT2D eigenvalue weighted by Crippen LogP contribution is 2.27. The summed E-state index contributed by atoms with van der Waals surface area (Å²) < 4.78 is 5.57. The molecule has 1 amide bonds. The summed E-state index contributed by atoms with van der Waals surface area (Å²) in [6.45, 7) is 8.26. The molecule has 1 N–H and O–H groups in total. The number of benzene rings is 2. The normalized spacial score (nSPS) is 19.6. The summed E-state index contributed by atoms with van der Waals surface area (Å²) in [5, 5.41) is 10.0. The maximum atomic E-state index is 12.6. The topological polar surface area (TPSA) is 53.0 Å². The van der Waals surface area contributed by atoms with E-state index in [1.165, 1.54) is 11.1 Å². The van der Waals surface area contributed by atoms with Gasteiger partial charge in [0.25, 0.3) is 0 Å². The lowest BCUT2D eigenvalue weighted by molar-refractivity contribution is 0.0275. The van der Waals surface area contributed by atoms with Crippen LogP contribution in [0.5, 0.6) is 0 Å². The van der Waals surface area contributed by atoms with Crippen molar-refractivity contribution in [3.8, 4) is 0 Å². The second kappa shape index (κ2) is 9.42. The Labute approximate surface area is 173 Å². The molecule has 0 bridgehead atoms. The first-order valence-corrected chi connectivity index (χ1v) is 10.3. The van der Waals surface area contributed by atoms with Crippen LogP contribution in [-0.4, -0.2) is 52.3 Å². The molecule has 1 fully saturated rings. The highest BCUT2D eigenvalue weighted by Gasteiger charge is 2.39. The van der Waals surface area contributed by atoms with E-state index in [0.717, 1.165) is 13.1 Å². The Morgan fingerprint density at radius 3 is 1.97 bits per heavy atom. The fourth-order valence-electron chi connectivity index (χ4n) is 3.85. The second-order valence-electron chi connectivity index (χ2n) is 8.77. The summed E-state index contributed by atoms with van der Waals surface area (Å²) in [7, 11) is 0. The maximum absolute atomic E-state index is 12.6. The Morgan fingerprint density at radius 2 is 1.52 bits per heavy atom. The Morgan fingerprint density at radius 1 is 1.00 bits per heavy atom. The van der Waals surface area contributed by atoms with E-state index in [0.29, 0.717) is 13.1 Å². The van der Waals surface area contributed by atoms with E-state index in [1.54, 1.807) is 4.90 Å². The number of likely N-dealkylation sites (tertiary alicyclic amines) is 1. The predicted molar refractivity (Wildman–Crippen MR) is 114 cm³/mol. The molecule has 5 heteroatoms. The Bertz CT molecular complexity index is 732. The van der Waals surface area contributed by atoms with Crippen molar-refractivity contribution in [2.24, 2.45) is 5.92 Å². The van der Waals surface area contributed by atoms with Crippen LogP contribution >= 0.6 is 0 Å². The Balaban J connectivity index is 1.80. The first-order chi connectivity index (χ1) is 13.9. The third-order valence-corrected chi connectivity index (χ3v) is 5.22. The number of amides is 1. The van der Waals surface area contributed by atoms with E-state index in [1.807, 2.05) is 57.2 Å². The Kier molecular flexibility index (Phi) is 6.93. The van der Waals surface area contributed by atoms with Gasteiger partial charge in [-0.2, -0.15) is 0 Å². The molecule has 3 rings (SSSR count). The standard InChI is InChI=1S/C24H32N2O3/c1-24(2,3)29-23(28)26-16-21(18-27)22(17-26)25(14-19-10-6-4-7-11-19)15-20-12-8-5-9-13-20/h4-13,21-22,27H,14-18H2,1-3H3/t21-,22+/m0/s1. The number of ether oxygens (including phenoxy) is 1. The summed E-state index contributed by atoms with van der Waals surface area (Å²) >= 11 is 0. The van der Waals surface area contributed by atoms with Crippen molar-refractivity contribution in [2.45, 2.75) is 45.5 Å². The molecular weight excluding hydrogens is 364 g/mol. The lowest BCUT2D eigenvalue weighted by Crippen LogP contribution is -2.42. The number of aliphatic hydroxyl groups excluding tert-OH is 1. The molecule has 2 atom stereocenters. The molecule has 0 saturated carbocycles. The van der Waals surface area contributed by atoms with Gasteiger partial charge in [-0.15, -0.1) is 0 Å². The summed E-state index contributed by atoms with van der Waals surface area (Å²) in [5.41, 5.74) is 1.91. The van der Waals surface area contributed by atoms with Gasteiger partial charge < -0.3 is 14.7 Å².